The van der Waals surface area contributed by atoms with Crippen molar-refractivity contribution in [2.45, 2.75) is 33.1 Å². The van der Waals surface area contributed by atoms with Gasteiger partial charge in [-0.3, -0.25) is 4.79 Å². The predicted octanol–water partition coefficient (Wildman–Crippen LogP) is 4.63. The van der Waals surface area contributed by atoms with Crippen molar-refractivity contribution in [1.29, 1.82) is 0 Å². The molecule has 0 N–H and O–H groups in total. The Balaban J connectivity index is 2.23. The lowest BCUT2D eigenvalue weighted by Gasteiger charge is -2.03. The zero-order chi connectivity index (χ0) is 13.0. The lowest BCUT2D eigenvalue weighted by Crippen LogP contribution is -2.02. The first-order valence-electron chi connectivity index (χ1n) is 6.40. The van der Waals surface area contributed by atoms with Gasteiger partial charge in [0.05, 0.1) is 0 Å². The molecule has 0 unspecified atom stereocenters. The number of carbonyl (C=O) groups is 1. The number of aryl methyl sites for hydroxylation is 2. The molecule has 0 aliphatic carbocycles. The smallest absolute Gasteiger partial charge is 0.194 e. The van der Waals surface area contributed by atoms with Gasteiger partial charge in [-0.25, -0.2) is 0 Å². The van der Waals surface area contributed by atoms with Crippen molar-refractivity contribution in [3.8, 4) is 0 Å². The molecule has 2 heteroatoms. The Morgan fingerprint density at radius 1 is 1.17 bits per heavy atom. The second kappa shape index (κ2) is 5.96. The highest BCUT2D eigenvalue weighted by atomic mass is 32.1. The molecule has 0 spiro atoms. The van der Waals surface area contributed by atoms with Gasteiger partial charge in [0.15, 0.2) is 5.78 Å². The van der Waals surface area contributed by atoms with Crippen LogP contribution < -0.4 is 0 Å². The summed E-state index contributed by atoms with van der Waals surface area (Å²) in [7, 11) is 0. The summed E-state index contributed by atoms with van der Waals surface area (Å²) in [6, 6.07) is 9.77. The van der Waals surface area contributed by atoms with Gasteiger partial charge in [-0.1, -0.05) is 43.2 Å². The number of carbonyl (C=O) groups excluding carboxylic acids is 1. The van der Waals surface area contributed by atoms with Crippen LogP contribution in [0.15, 0.2) is 35.7 Å². The standard InChI is InChI=1S/C16H18OS/c1-3-4-5-15-14(10-11-18-15)16(17)13-8-6-12(2)7-9-13/h6-11H,3-5H2,1-2H3. The van der Waals surface area contributed by atoms with Gasteiger partial charge >= 0.3 is 0 Å². The predicted molar refractivity (Wildman–Crippen MR) is 77.5 cm³/mol. The topological polar surface area (TPSA) is 17.1 Å². The van der Waals surface area contributed by atoms with Crippen molar-refractivity contribution in [2.75, 3.05) is 0 Å². The van der Waals surface area contributed by atoms with Crippen molar-refractivity contribution >= 4 is 17.1 Å². The fourth-order valence-corrected chi connectivity index (χ4v) is 2.85. The van der Waals surface area contributed by atoms with Crippen LogP contribution in [0.1, 0.15) is 46.1 Å². The average molecular weight is 258 g/mol. The van der Waals surface area contributed by atoms with E-state index in [0.717, 1.165) is 30.4 Å². The van der Waals surface area contributed by atoms with Gasteiger partial charge in [0.1, 0.15) is 0 Å². The summed E-state index contributed by atoms with van der Waals surface area (Å²) in [5.41, 5.74) is 2.86. The molecule has 1 aromatic carbocycles. The molecule has 0 fully saturated rings. The summed E-state index contributed by atoms with van der Waals surface area (Å²) in [4.78, 5) is 13.6. The van der Waals surface area contributed by atoms with Crippen LogP contribution in [0.3, 0.4) is 0 Å². The fourth-order valence-electron chi connectivity index (χ4n) is 1.93. The Kier molecular flexibility index (Phi) is 4.32. The number of thiophene rings is 1. The van der Waals surface area contributed by atoms with Gasteiger partial charge in [-0.15, -0.1) is 11.3 Å². The first kappa shape index (κ1) is 13.0. The molecule has 1 aromatic heterocycles. The SMILES string of the molecule is CCCCc1sccc1C(=O)c1ccc(C)cc1. The number of unbranched alkanes of at least 4 members (excludes halogenated alkanes) is 1. The van der Waals surface area contributed by atoms with Crippen molar-refractivity contribution in [3.63, 3.8) is 0 Å². The third kappa shape index (κ3) is 2.88. The second-order valence-corrected chi connectivity index (χ2v) is 5.56. The quantitative estimate of drug-likeness (QED) is 0.715. The molecule has 0 bridgehead atoms. The molecule has 0 atom stereocenters. The van der Waals surface area contributed by atoms with Crippen LogP contribution >= 0.6 is 11.3 Å². The summed E-state index contributed by atoms with van der Waals surface area (Å²) in [6.07, 6.45) is 3.33. The van der Waals surface area contributed by atoms with Crippen LogP contribution in [0.25, 0.3) is 0 Å². The van der Waals surface area contributed by atoms with Crippen molar-refractivity contribution in [2.24, 2.45) is 0 Å². The molecule has 1 nitrogen and oxygen atoms in total. The Hall–Kier alpha value is -1.41. The number of benzene rings is 1. The maximum atomic E-state index is 12.4. The number of rotatable bonds is 5. The summed E-state index contributed by atoms with van der Waals surface area (Å²) in [5.74, 6) is 0.155. The summed E-state index contributed by atoms with van der Waals surface area (Å²) in [6.45, 7) is 4.21. The zero-order valence-corrected chi connectivity index (χ0v) is 11.7. The van der Waals surface area contributed by atoms with E-state index in [1.54, 1.807) is 11.3 Å². The monoisotopic (exact) mass is 258 g/mol. The lowest BCUT2D eigenvalue weighted by atomic mass is 10.0. The molecule has 2 rings (SSSR count). The average Bonchev–Trinajstić information content (AvgIpc) is 2.84. The summed E-state index contributed by atoms with van der Waals surface area (Å²) in [5, 5.41) is 2.02. The van der Waals surface area contributed by atoms with E-state index in [9.17, 15) is 4.79 Å². The molecule has 94 valence electrons. The van der Waals surface area contributed by atoms with E-state index in [0.29, 0.717) is 0 Å². The lowest BCUT2D eigenvalue weighted by molar-refractivity contribution is 0.103. The second-order valence-electron chi connectivity index (χ2n) is 4.56. The highest BCUT2D eigenvalue weighted by Gasteiger charge is 2.14. The molecule has 2 aromatic rings. The minimum Gasteiger partial charge on any atom is -0.289 e. The zero-order valence-electron chi connectivity index (χ0n) is 10.9. The van der Waals surface area contributed by atoms with Gasteiger partial charge in [0.2, 0.25) is 0 Å². The van der Waals surface area contributed by atoms with E-state index >= 15 is 0 Å². The van der Waals surface area contributed by atoms with Crippen LogP contribution in [0.4, 0.5) is 0 Å². The van der Waals surface area contributed by atoms with Crippen LogP contribution in [0.2, 0.25) is 0 Å². The van der Waals surface area contributed by atoms with Gasteiger partial charge in [0, 0.05) is 16.0 Å². The van der Waals surface area contributed by atoms with Crippen molar-refractivity contribution < 1.29 is 4.79 Å². The highest BCUT2D eigenvalue weighted by molar-refractivity contribution is 7.10. The van der Waals surface area contributed by atoms with Gasteiger partial charge in [-0.05, 0) is 31.2 Å². The van der Waals surface area contributed by atoms with E-state index in [-0.39, 0.29) is 5.78 Å². The summed E-state index contributed by atoms with van der Waals surface area (Å²) >= 11 is 1.69. The first-order valence-corrected chi connectivity index (χ1v) is 7.28. The Morgan fingerprint density at radius 3 is 2.56 bits per heavy atom. The molecule has 0 aliphatic rings. The van der Waals surface area contributed by atoms with Crippen molar-refractivity contribution in [1.82, 2.24) is 0 Å². The molecular weight excluding hydrogens is 240 g/mol. The summed E-state index contributed by atoms with van der Waals surface area (Å²) < 4.78 is 0. The van der Waals surface area contributed by atoms with Crippen LogP contribution in [-0.4, -0.2) is 5.78 Å². The van der Waals surface area contributed by atoms with Crippen molar-refractivity contribution in [3.05, 3.63) is 57.3 Å². The number of hydrogen-bond acceptors (Lipinski definition) is 2. The molecule has 0 amide bonds. The number of hydrogen-bond donors (Lipinski definition) is 0. The fraction of sp³-hybridized carbons (Fsp3) is 0.312. The number of ketones is 1. The maximum Gasteiger partial charge on any atom is 0.194 e. The highest BCUT2D eigenvalue weighted by Crippen LogP contribution is 2.22. The Labute approximate surface area is 112 Å². The molecule has 1 heterocycles. The first-order chi connectivity index (χ1) is 8.72. The minimum absolute atomic E-state index is 0.155. The van der Waals surface area contributed by atoms with Crippen LogP contribution in [0.5, 0.6) is 0 Å². The normalized spacial score (nSPS) is 10.6. The van der Waals surface area contributed by atoms with E-state index < -0.39 is 0 Å². The molecule has 18 heavy (non-hydrogen) atoms. The third-order valence-corrected chi connectivity index (χ3v) is 4.04. The Morgan fingerprint density at radius 2 is 1.89 bits per heavy atom. The van der Waals surface area contributed by atoms with E-state index in [1.807, 2.05) is 42.6 Å². The minimum atomic E-state index is 0.155. The molecule has 0 saturated heterocycles. The van der Waals surface area contributed by atoms with Crippen LogP contribution in [0, 0.1) is 6.92 Å². The Bertz CT molecular complexity index is 522. The van der Waals surface area contributed by atoms with Gasteiger partial charge < -0.3 is 0 Å². The third-order valence-electron chi connectivity index (χ3n) is 3.06. The molecule has 0 saturated carbocycles. The van der Waals surface area contributed by atoms with E-state index in [1.165, 1.54) is 10.4 Å². The van der Waals surface area contributed by atoms with Crippen LogP contribution in [-0.2, 0) is 6.42 Å². The van der Waals surface area contributed by atoms with Gasteiger partial charge in [-0.2, -0.15) is 0 Å². The molecule has 0 radical (unpaired) electrons. The molecular formula is C16H18OS. The van der Waals surface area contributed by atoms with Gasteiger partial charge in [0.25, 0.3) is 0 Å². The maximum absolute atomic E-state index is 12.4. The van der Waals surface area contributed by atoms with E-state index in [4.69, 9.17) is 0 Å². The largest absolute Gasteiger partial charge is 0.289 e. The van der Waals surface area contributed by atoms with E-state index in [2.05, 4.69) is 6.92 Å². The molecule has 0 aliphatic heterocycles.